The van der Waals surface area contributed by atoms with Gasteiger partial charge in [0.25, 0.3) is 0 Å². The summed E-state index contributed by atoms with van der Waals surface area (Å²) in [4.78, 5) is 0. The van der Waals surface area contributed by atoms with Gasteiger partial charge in [0.05, 0.1) is 0 Å². The Bertz CT molecular complexity index is 230. The summed E-state index contributed by atoms with van der Waals surface area (Å²) in [6, 6.07) is 0. The predicted octanol–water partition coefficient (Wildman–Crippen LogP) is 4.21. The van der Waals surface area contributed by atoms with Crippen molar-refractivity contribution in [3.8, 4) is 0 Å². The number of fused-ring (bicyclic) bond motifs is 1. The van der Waals surface area contributed by atoms with Crippen molar-refractivity contribution in [3.63, 3.8) is 0 Å². The maximum absolute atomic E-state index is 2.55. The molecule has 0 nitrogen and oxygen atoms in total. The van der Waals surface area contributed by atoms with Gasteiger partial charge < -0.3 is 0 Å². The summed E-state index contributed by atoms with van der Waals surface area (Å²) in [6.07, 6.45) is 1.47. The van der Waals surface area contributed by atoms with Crippen molar-refractivity contribution in [3.05, 3.63) is 0 Å². The second-order valence-corrected chi connectivity index (χ2v) is 6.62. The van der Waals surface area contributed by atoms with Crippen LogP contribution in [0.1, 0.15) is 48.0 Å². The van der Waals surface area contributed by atoms with Gasteiger partial charge in [-0.3, -0.25) is 0 Å². The minimum Gasteiger partial charge on any atom is -0.0625 e. The standard InChI is InChI=1S/C14H26/c1-8(2)12-11(5)14(6)10(4)7-9(3)13(12)14/h8-13H,7H2,1-6H3. The average Bonchev–Trinajstić information content (AvgIpc) is 2.26. The lowest BCUT2D eigenvalue weighted by atomic mass is 9.44. The molecule has 0 bridgehead atoms. The smallest absolute Gasteiger partial charge is 0.0238 e. The largest absolute Gasteiger partial charge is 0.0625 e. The topological polar surface area (TPSA) is 0 Å². The van der Waals surface area contributed by atoms with Gasteiger partial charge in [-0.1, -0.05) is 41.5 Å². The maximum Gasteiger partial charge on any atom is -0.0238 e. The van der Waals surface area contributed by atoms with Crippen LogP contribution >= 0.6 is 0 Å². The molecule has 2 aliphatic rings. The molecule has 0 heterocycles. The van der Waals surface area contributed by atoms with E-state index < -0.39 is 0 Å². The third-order valence-corrected chi connectivity index (χ3v) is 5.86. The minimum absolute atomic E-state index is 0.675. The van der Waals surface area contributed by atoms with E-state index in [1.807, 2.05) is 0 Å². The Balaban J connectivity index is 2.25. The number of rotatable bonds is 1. The van der Waals surface area contributed by atoms with Crippen molar-refractivity contribution >= 4 is 0 Å². The molecule has 14 heavy (non-hydrogen) atoms. The highest BCUT2D eigenvalue weighted by atomic mass is 14.7. The highest BCUT2D eigenvalue weighted by Gasteiger charge is 2.64. The van der Waals surface area contributed by atoms with Crippen LogP contribution in [-0.2, 0) is 0 Å². The predicted molar refractivity (Wildman–Crippen MR) is 62.0 cm³/mol. The lowest BCUT2D eigenvalue weighted by molar-refractivity contribution is -0.133. The molecular weight excluding hydrogens is 168 g/mol. The molecule has 0 aliphatic heterocycles. The molecule has 0 spiro atoms. The fraction of sp³-hybridized carbons (Fsp3) is 1.00. The van der Waals surface area contributed by atoms with Crippen LogP contribution in [0.5, 0.6) is 0 Å². The quantitative estimate of drug-likeness (QED) is 0.586. The second-order valence-electron chi connectivity index (χ2n) is 6.62. The first-order valence-corrected chi connectivity index (χ1v) is 6.40. The van der Waals surface area contributed by atoms with Gasteiger partial charge in [0.15, 0.2) is 0 Å². The van der Waals surface area contributed by atoms with Crippen molar-refractivity contribution in [1.29, 1.82) is 0 Å². The maximum atomic E-state index is 2.55. The van der Waals surface area contributed by atoms with Crippen LogP contribution in [0.2, 0.25) is 0 Å². The summed E-state index contributed by atoms with van der Waals surface area (Å²) in [7, 11) is 0. The van der Waals surface area contributed by atoms with E-state index in [4.69, 9.17) is 0 Å². The van der Waals surface area contributed by atoms with E-state index in [2.05, 4.69) is 41.5 Å². The Hall–Kier alpha value is 0. The summed E-state index contributed by atoms with van der Waals surface area (Å²) >= 11 is 0. The molecule has 82 valence electrons. The first-order chi connectivity index (χ1) is 6.40. The van der Waals surface area contributed by atoms with Crippen molar-refractivity contribution in [2.24, 2.45) is 40.9 Å². The van der Waals surface area contributed by atoms with E-state index in [1.165, 1.54) is 6.42 Å². The van der Waals surface area contributed by atoms with Gasteiger partial charge in [-0.15, -0.1) is 0 Å². The zero-order valence-electron chi connectivity index (χ0n) is 10.7. The monoisotopic (exact) mass is 194 g/mol. The lowest BCUT2D eigenvalue weighted by Gasteiger charge is -2.61. The Labute approximate surface area is 89.5 Å². The fourth-order valence-corrected chi connectivity index (χ4v) is 5.05. The van der Waals surface area contributed by atoms with Crippen LogP contribution in [0.15, 0.2) is 0 Å². The molecule has 2 fully saturated rings. The van der Waals surface area contributed by atoms with Crippen molar-refractivity contribution in [1.82, 2.24) is 0 Å². The Morgan fingerprint density at radius 3 is 2.21 bits per heavy atom. The molecular formula is C14H26. The summed E-state index contributed by atoms with van der Waals surface area (Å²) in [5, 5.41) is 0. The number of hydrogen-bond donors (Lipinski definition) is 0. The summed E-state index contributed by atoms with van der Waals surface area (Å²) in [5.41, 5.74) is 0.675. The molecule has 2 rings (SSSR count). The van der Waals surface area contributed by atoms with Crippen molar-refractivity contribution < 1.29 is 0 Å². The third-order valence-electron chi connectivity index (χ3n) is 5.86. The molecule has 0 radical (unpaired) electrons. The minimum atomic E-state index is 0.675. The molecule has 2 saturated carbocycles. The Morgan fingerprint density at radius 1 is 1.14 bits per heavy atom. The molecule has 0 saturated heterocycles. The molecule has 0 aromatic carbocycles. The van der Waals surface area contributed by atoms with Crippen LogP contribution in [0.3, 0.4) is 0 Å². The lowest BCUT2D eigenvalue weighted by Crippen LogP contribution is -2.56. The van der Waals surface area contributed by atoms with Gasteiger partial charge in [-0.25, -0.2) is 0 Å². The van der Waals surface area contributed by atoms with Crippen LogP contribution in [0, 0.1) is 40.9 Å². The summed E-state index contributed by atoms with van der Waals surface area (Å²) in [6.45, 7) is 14.8. The van der Waals surface area contributed by atoms with Gasteiger partial charge in [-0.05, 0) is 47.3 Å². The second kappa shape index (κ2) is 3.00. The molecule has 2 aliphatic carbocycles. The molecule has 6 atom stereocenters. The van der Waals surface area contributed by atoms with E-state index in [1.54, 1.807) is 0 Å². The zero-order chi connectivity index (χ0) is 10.7. The number of hydrogen-bond acceptors (Lipinski definition) is 0. The third kappa shape index (κ3) is 1.01. The molecule has 0 aromatic rings. The SMILES string of the molecule is CC(C)C1C(C)C2(C)C(C)CC(C)C12. The molecule has 0 heteroatoms. The summed E-state index contributed by atoms with van der Waals surface area (Å²) in [5.74, 6) is 5.78. The van der Waals surface area contributed by atoms with Gasteiger partial charge >= 0.3 is 0 Å². The van der Waals surface area contributed by atoms with Crippen LogP contribution in [0.25, 0.3) is 0 Å². The van der Waals surface area contributed by atoms with Gasteiger partial charge in [0, 0.05) is 0 Å². The molecule has 0 aromatic heterocycles. The van der Waals surface area contributed by atoms with E-state index in [0.717, 1.165) is 35.5 Å². The highest BCUT2D eigenvalue weighted by Crippen LogP contribution is 2.69. The van der Waals surface area contributed by atoms with E-state index in [9.17, 15) is 0 Å². The first-order valence-electron chi connectivity index (χ1n) is 6.40. The van der Waals surface area contributed by atoms with Gasteiger partial charge in [-0.2, -0.15) is 0 Å². The Morgan fingerprint density at radius 2 is 1.71 bits per heavy atom. The highest BCUT2D eigenvalue weighted by molar-refractivity contribution is 5.12. The van der Waals surface area contributed by atoms with Crippen LogP contribution < -0.4 is 0 Å². The van der Waals surface area contributed by atoms with E-state index in [-0.39, 0.29) is 0 Å². The average molecular weight is 194 g/mol. The van der Waals surface area contributed by atoms with Crippen LogP contribution in [-0.4, -0.2) is 0 Å². The zero-order valence-corrected chi connectivity index (χ0v) is 10.7. The van der Waals surface area contributed by atoms with Crippen molar-refractivity contribution in [2.75, 3.05) is 0 Å². The van der Waals surface area contributed by atoms with Gasteiger partial charge in [0.1, 0.15) is 0 Å². The van der Waals surface area contributed by atoms with E-state index in [0.29, 0.717) is 5.41 Å². The first kappa shape index (κ1) is 10.5. The fourth-order valence-electron chi connectivity index (χ4n) is 5.05. The van der Waals surface area contributed by atoms with Crippen LogP contribution in [0.4, 0.5) is 0 Å². The van der Waals surface area contributed by atoms with Gasteiger partial charge in [0.2, 0.25) is 0 Å². The Kier molecular flexibility index (Phi) is 2.25. The van der Waals surface area contributed by atoms with Crippen molar-refractivity contribution in [2.45, 2.75) is 48.0 Å². The molecule has 6 unspecified atom stereocenters. The molecule has 0 N–H and O–H groups in total. The van der Waals surface area contributed by atoms with E-state index >= 15 is 0 Å². The normalized spacial score (nSPS) is 57.2. The molecule has 0 amide bonds. The summed E-state index contributed by atoms with van der Waals surface area (Å²) < 4.78 is 0.